The first kappa shape index (κ1) is 13.6. The molecule has 0 aliphatic rings. The van der Waals surface area contributed by atoms with Crippen molar-refractivity contribution in [2.45, 2.75) is 53.5 Å². The summed E-state index contributed by atoms with van der Waals surface area (Å²) in [6.45, 7) is 9.00. The Labute approximate surface area is 113 Å². The van der Waals surface area contributed by atoms with Gasteiger partial charge in [0.2, 0.25) is 0 Å². The van der Waals surface area contributed by atoms with E-state index < -0.39 is 0 Å². The molecule has 0 aliphatic carbocycles. The Kier molecular flexibility index (Phi) is 3.87. The van der Waals surface area contributed by atoms with Crippen LogP contribution in [0, 0.1) is 6.92 Å². The number of aromatic nitrogens is 5. The maximum absolute atomic E-state index is 6.17. The molecule has 2 rings (SSSR count). The molecule has 2 aromatic rings. The van der Waals surface area contributed by atoms with E-state index >= 15 is 0 Å². The maximum atomic E-state index is 6.17. The molecule has 0 unspecified atom stereocenters. The second-order valence-electron chi connectivity index (χ2n) is 4.61. The van der Waals surface area contributed by atoms with Crippen molar-refractivity contribution in [1.82, 2.24) is 24.5 Å². The van der Waals surface area contributed by atoms with Gasteiger partial charge in [0, 0.05) is 19.4 Å². The van der Waals surface area contributed by atoms with Gasteiger partial charge in [0.1, 0.15) is 5.82 Å². The lowest BCUT2D eigenvalue weighted by Gasteiger charge is -2.08. The quantitative estimate of drug-likeness (QED) is 0.893. The number of anilines is 1. The zero-order valence-corrected chi connectivity index (χ0v) is 12.1. The summed E-state index contributed by atoms with van der Waals surface area (Å²) in [5.74, 6) is 2.63. The van der Waals surface area contributed by atoms with E-state index in [9.17, 15) is 0 Å². The van der Waals surface area contributed by atoms with Crippen molar-refractivity contribution in [2.24, 2.45) is 0 Å². The largest absolute Gasteiger partial charge is 0.394 e. The molecule has 0 aromatic carbocycles. The van der Waals surface area contributed by atoms with Crippen LogP contribution >= 0.6 is 0 Å². The van der Waals surface area contributed by atoms with Crippen LogP contribution in [-0.2, 0) is 19.4 Å². The van der Waals surface area contributed by atoms with Crippen LogP contribution in [0.25, 0.3) is 5.82 Å². The van der Waals surface area contributed by atoms with E-state index in [4.69, 9.17) is 5.73 Å². The predicted molar refractivity (Wildman–Crippen MR) is 75.3 cm³/mol. The minimum atomic E-state index is 0.690. The molecular formula is C13H22N6. The summed E-state index contributed by atoms with van der Waals surface area (Å²) < 4.78 is 3.78. The number of nitrogens with zero attached hydrogens (tertiary/aromatic N) is 5. The average molecular weight is 262 g/mol. The van der Waals surface area contributed by atoms with Gasteiger partial charge < -0.3 is 5.73 Å². The molecule has 19 heavy (non-hydrogen) atoms. The number of rotatable bonds is 5. The van der Waals surface area contributed by atoms with E-state index in [2.05, 4.69) is 36.0 Å². The molecule has 104 valence electrons. The zero-order chi connectivity index (χ0) is 14.0. The van der Waals surface area contributed by atoms with Gasteiger partial charge in [-0.2, -0.15) is 9.78 Å². The van der Waals surface area contributed by atoms with Gasteiger partial charge >= 0.3 is 0 Å². The second-order valence-corrected chi connectivity index (χ2v) is 4.61. The maximum Gasteiger partial charge on any atom is 0.177 e. The fourth-order valence-corrected chi connectivity index (χ4v) is 2.11. The van der Waals surface area contributed by atoms with Crippen LogP contribution in [0.2, 0.25) is 0 Å². The topological polar surface area (TPSA) is 74.6 Å². The van der Waals surface area contributed by atoms with Crippen molar-refractivity contribution in [3.63, 3.8) is 0 Å². The summed E-state index contributed by atoms with van der Waals surface area (Å²) in [4.78, 5) is 4.53. The van der Waals surface area contributed by atoms with Crippen LogP contribution in [0.3, 0.4) is 0 Å². The molecule has 2 aromatic heterocycles. The third-order valence-corrected chi connectivity index (χ3v) is 3.13. The monoisotopic (exact) mass is 262 g/mol. The minimum Gasteiger partial charge on any atom is -0.394 e. The molecule has 0 bridgehead atoms. The summed E-state index contributed by atoms with van der Waals surface area (Å²) in [6, 6.07) is 0. The molecule has 2 heterocycles. The zero-order valence-electron chi connectivity index (χ0n) is 12.1. The van der Waals surface area contributed by atoms with Gasteiger partial charge in [-0.05, 0) is 13.3 Å². The SMILES string of the molecule is CCCn1nc(C)c(N)c1-n1nc(CC)nc1CC. The molecule has 0 saturated heterocycles. The lowest BCUT2D eigenvalue weighted by Crippen LogP contribution is -2.12. The molecule has 0 radical (unpaired) electrons. The van der Waals surface area contributed by atoms with Crippen molar-refractivity contribution < 1.29 is 0 Å². The molecule has 6 nitrogen and oxygen atoms in total. The molecule has 0 amide bonds. The standard InChI is InChI=1S/C13H22N6/c1-5-8-18-13(12(14)9(4)16-18)19-11(7-3)15-10(6-2)17-19/h5-8,14H2,1-4H3. The first-order valence-corrected chi connectivity index (χ1v) is 6.90. The van der Waals surface area contributed by atoms with Gasteiger partial charge in [-0.25, -0.2) is 9.67 Å². The first-order valence-electron chi connectivity index (χ1n) is 6.90. The van der Waals surface area contributed by atoms with Crippen molar-refractivity contribution in [3.8, 4) is 5.82 Å². The summed E-state index contributed by atoms with van der Waals surface area (Å²) in [6.07, 6.45) is 2.65. The van der Waals surface area contributed by atoms with Crippen LogP contribution in [0.4, 0.5) is 5.69 Å². The summed E-state index contributed by atoms with van der Waals surface area (Å²) >= 11 is 0. The number of nitrogens with two attached hydrogens (primary N) is 1. The number of aryl methyl sites for hydroxylation is 4. The van der Waals surface area contributed by atoms with Gasteiger partial charge in [-0.1, -0.05) is 20.8 Å². The summed E-state index contributed by atoms with van der Waals surface area (Å²) in [5, 5.41) is 9.04. The highest BCUT2D eigenvalue weighted by molar-refractivity contribution is 5.57. The lowest BCUT2D eigenvalue weighted by atomic mass is 10.3. The first-order chi connectivity index (χ1) is 9.12. The Morgan fingerprint density at radius 1 is 1.11 bits per heavy atom. The van der Waals surface area contributed by atoms with E-state index in [1.54, 1.807) is 0 Å². The normalized spacial score (nSPS) is 11.2. The molecule has 0 aliphatic heterocycles. The predicted octanol–water partition coefficient (Wildman–Crippen LogP) is 1.89. The van der Waals surface area contributed by atoms with Gasteiger partial charge in [0.15, 0.2) is 11.6 Å². The molecule has 0 fully saturated rings. The van der Waals surface area contributed by atoms with Gasteiger partial charge in [0.25, 0.3) is 0 Å². The number of nitrogen functional groups attached to an aromatic ring is 1. The van der Waals surface area contributed by atoms with Crippen LogP contribution < -0.4 is 5.73 Å². The van der Waals surface area contributed by atoms with Crippen LogP contribution in [0.1, 0.15) is 44.5 Å². The third-order valence-electron chi connectivity index (χ3n) is 3.13. The third kappa shape index (κ3) is 2.34. The highest BCUT2D eigenvalue weighted by Gasteiger charge is 2.18. The molecule has 0 atom stereocenters. The average Bonchev–Trinajstić information content (AvgIpc) is 2.92. The number of hydrogen-bond donors (Lipinski definition) is 1. The van der Waals surface area contributed by atoms with E-state index in [-0.39, 0.29) is 0 Å². The molecule has 2 N–H and O–H groups in total. The van der Waals surface area contributed by atoms with E-state index in [0.717, 1.165) is 49.0 Å². The Hall–Kier alpha value is -1.85. The second kappa shape index (κ2) is 5.42. The van der Waals surface area contributed by atoms with Crippen molar-refractivity contribution in [2.75, 3.05) is 5.73 Å². The van der Waals surface area contributed by atoms with Gasteiger partial charge in [0.05, 0.1) is 11.4 Å². The van der Waals surface area contributed by atoms with Crippen molar-refractivity contribution >= 4 is 5.69 Å². The fraction of sp³-hybridized carbons (Fsp3) is 0.615. The molecular weight excluding hydrogens is 240 g/mol. The Balaban J connectivity index is 2.59. The molecule has 0 spiro atoms. The van der Waals surface area contributed by atoms with Gasteiger partial charge in [-0.3, -0.25) is 0 Å². The van der Waals surface area contributed by atoms with E-state index in [1.165, 1.54) is 0 Å². The Morgan fingerprint density at radius 3 is 2.42 bits per heavy atom. The van der Waals surface area contributed by atoms with Crippen molar-refractivity contribution in [1.29, 1.82) is 0 Å². The molecule has 0 saturated carbocycles. The van der Waals surface area contributed by atoms with Crippen molar-refractivity contribution in [3.05, 3.63) is 17.3 Å². The lowest BCUT2D eigenvalue weighted by molar-refractivity contribution is 0.568. The highest BCUT2D eigenvalue weighted by Crippen LogP contribution is 2.22. The Morgan fingerprint density at radius 2 is 1.84 bits per heavy atom. The van der Waals surface area contributed by atoms with Crippen LogP contribution in [-0.4, -0.2) is 24.5 Å². The smallest absolute Gasteiger partial charge is 0.177 e. The highest BCUT2D eigenvalue weighted by atomic mass is 15.5. The van der Waals surface area contributed by atoms with Gasteiger partial charge in [-0.15, -0.1) is 5.10 Å². The number of hydrogen-bond acceptors (Lipinski definition) is 4. The fourth-order valence-electron chi connectivity index (χ4n) is 2.11. The van der Waals surface area contributed by atoms with Crippen LogP contribution in [0.5, 0.6) is 0 Å². The van der Waals surface area contributed by atoms with E-state index in [1.807, 2.05) is 16.3 Å². The minimum absolute atomic E-state index is 0.690. The van der Waals surface area contributed by atoms with Crippen LogP contribution in [0.15, 0.2) is 0 Å². The Bertz CT molecular complexity index is 566. The van der Waals surface area contributed by atoms with E-state index in [0.29, 0.717) is 5.69 Å². The summed E-state index contributed by atoms with van der Waals surface area (Å²) in [7, 11) is 0. The molecule has 6 heteroatoms. The summed E-state index contributed by atoms with van der Waals surface area (Å²) in [5.41, 5.74) is 7.70.